The van der Waals surface area contributed by atoms with Crippen molar-refractivity contribution in [1.82, 2.24) is 10.2 Å². The van der Waals surface area contributed by atoms with E-state index in [1.165, 1.54) is 18.0 Å². The van der Waals surface area contributed by atoms with Crippen LogP contribution in [0, 0.1) is 12.7 Å². The number of aryl methyl sites for hydroxylation is 1. The Bertz CT molecular complexity index is 1110. The van der Waals surface area contributed by atoms with E-state index in [-0.39, 0.29) is 25.5 Å². The Kier molecular flexibility index (Phi) is 8.44. The Hall–Kier alpha value is -3.38. The van der Waals surface area contributed by atoms with Gasteiger partial charge in [0.25, 0.3) is 5.91 Å². The van der Waals surface area contributed by atoms with Gasteiger partial charge in [0.05, 0.1) is 0 Å². The Balaban J connectivity index is 1.88. The molecule has 7 heteroatoms. The Labute approximate surface area is 198 Å². The van der Waals surface area contributed by atoms with Crippen molar-refractivity contribution in [3.8, 4) is 5.75 Å². The predicted molar refractivity (Wildman–Crippen MR) is 127 cm³/mol. The highest BCUT2D eigenvalue weighted by atomic mass is 35.5. The van der Waals surface area contributed by atoms with Gasteiger partial charge in [-0.25, -0.2) is 4.39 Å². The van der Waals surface area contributed by atoms with E-state index in [4.69, 9.17) is 16.3 Å². The molecule has 0 aromatic heterocycles. The third-order valence-electron chi connectivity index (χ3n) is 5.31. The van der Waals surface area contributed by atoms with Crippen LogP contribution in [0.15, 0.2) is 72.8 Å². The van der Waals surface area contributed by atoms with E-state index < -0.39 is 17.8 Å². The molecule has 0 bridgehead atoms. The van der Waals surface area contributed by atoms with Gasteiger partial charge in [0, 0.05) is 30.6 Å². The molecule has 0 aliphatic rings. The first-order chi connectivity index (χ1) is 15.9. The van der Waals surface area contributed by atoms with E-state index in [1.54, 1.807) is 36.4 Å². The van der Waals surface area contributed by atoms with Crippen LogP contribution >= 0.6 is 11.6 Å². The molecule has 0 fully saturated rings. The number of ether oxygens (including phenoxy) is 1. The summed E-state index contributed by atoms with van der Waals surface area (Å²) in [6, 6.07) is 19.8. The molecule has 0 heterocycles. The van der Waals surface area contributed by atoms with Crippen LogP contribution in [0.4, 0.5) is 4.39 Å². The molecule has 3 rings (SSSR count). The van der Waals surface area contributed by atoms with Crippen molar-refractivity contribution in [1.29, 1.82) is 0 Å². The molecule has 5 nitrogen and oxygen atoms in total. The van der Waals surface area contributed by atoms with Crippen molar-refractivity contribution >= 4 is 23.4 Å². The topological polar surface area (TPSA) is 58.6 Å². The average molecular weight is 469 g/mol. The summed E-state index contributed by atoms with van der Waals surface area (Å²) in [5.41, 5.74) is 2.01. The van der Waals surface area contributed by atoms with Crippen molar-refractivity contribution in [2.24, 2.45) is 0 Å². The Morgan fingerprint density at radius 3 is 2.42 bits per heavy atom. The van der Waals surface area contributed by atoms with Crippen molar-refractivity contribution < 1.29 is 18.7 Å². The Morgan fingerprint density at radius 1 is 1.06 bits per heavy atom. The summed E-state index contributed by atoms with van der Waals surface area (Å²) in [5, 5.41) is 3.22. The zero-order chi connectivity index (χ0) is 23.8. The standard InChI is InChI=1S/C26H26ClFN2O3/c1-18-14-21(12-13-22(18)27)33-17-25(31)30(16-20-10-6-7-11-23(20)28)24(26(32)29-2)15-19-8-4-3-5-9-19/h3-14,24H,15-17H2,1-2H3,(H,29,32)/t24-/m0/s1. The van der Waals surface area contributed by atoms with Crippen LogP contribution in [-0.4, -0.2) is 36.4 Å². The molecule has 0 saturated carbocycles. The van der Waals surface area contributed by atoms with Crippen LogP contribution in [0.3, 0.4) is 0 Å². The molecule has 0 spiro atoms. The fourth-order valence-electron chi connectivity index (χ4n) is 3.47. The number of carbonyl (C=O) groups is 2. The highest BCUT2D eigenvalue weighted by Crippen LogP contribution is 2.22. The third-order valence-corrected chi connectivity index (χ3v) is 5.73. The molecular weight excluding hydrogens is 443 g/mol. The van der Waals surface area contributed by atoms with E-state index in [1.807, 2.05) is 37.3 Å². The number of likely N-dealkylation sites (N-methyl/N-ethyl adjacent to an activating group) is 1. The number of halogens is 2. The molecule has 0 unspecified atom stereocenters. The van der Waals surface area contributed by atoms with Crippen LogP contribution in [0.2, 0.25) is 5.02 Å². The lowest BCUT2D eigenvalue weighted by atomic mass is 10.0. The van der Waals surface area contributed by atoms with Crippen molar-refractivity contribution in [3.63, 3.8) is 0 Å². The summed E-state index contributed by atoms with van der Waals surface area (Å²) in [7, 11) is 1.51. The predicted octanol–water partition coefficient (Wildman–Crippen LogP) is 4.55. The molecule has 2 amide bonds. The summed E-state index contributed by atoms with van der Waals surface area (Å²) in [6.07, 6.45) is 0.279. The number of hydrogen-bond donors (Lipinski definition) is 1. The molecule has 0 saturated heterocycles. The van der Waals surface area contributed by atoms with Crippen molar-refractivity contribution in [2.75, 3.05) is 13.7 Å². The fraction of sp³-hybridized carbons (Fsp3) is 0.231. The lowest BCUT2D eigenvalue weighted by molar-refractivity contribution is -0.142. The Morgan fingerprint density at radius 2 is 1.76 bits per heavy atom. The largest absolute Gasteiger partial charge is 0.484 e. The summed E-state index contributed by atoms with van der Waals surface area (Å²) >= 11 is 6.06. The molecule has 3 aromatic carbocycles. The first-order valence-electron chi connectivity index (χ1n) is 10.6. The average Bonchev–Trinajstić information content (AvgIpc) is 2.83. The van der Waals surface area contributed by atoms with E-state index in [9.17, 15) is 14.0 Å². The van der Waals surface area contributed by atoms with Gasteiger partial charge < -0.3 is 15.0 Å². The second-order valence-electron chi connectivity index (χ2n) is 7.63. The van der Waals surface area contributed by atoms with E-state index in [2.05, 4.69) is 5.32 Å². The number of nitrogens with zero attached hydrogens (tertiary/aromatic N) is 1. The van der Waals surface area contributed by atoms with Crippen LogP contribution in [0.25, 0.3) is 0 Å². The second kappa shape index (κ2) is 11.5. The monoisotopic (exact) mass is 468 g/mol. The number of amides is 2. The smallest absolute Gasteiger partial charge is 0.261 e. The van der Waals surface area contributed by atoms with Gasteiger partial charge in [0.1, 0.15) is 17.6 Å². The summed E-state index contributed by atoms with van der Waals surface area (Å²) in [6.45, 7) is 1.46. The van der Waals surface area contributed by atoms with Crippen LogP contribution in [0.5, 0.6) is 5.75 Å². The number of hydrogen-bond acceptors (Lipinski definition) is 3. The van der Waals surface area contributed by atoms with Gasteiger partial charge in [-0.05, 0) is 42.3 Å². The zero-order valence-electron chi connectivity index (χ0n) is 18.6. The molecule has 1 N–H and O–H groups in total. The van der Waals surface area contributed by atoms with Crippen LogP contribution in [-0.2, 0) is 22.6 Å². The lowest BCUT2D eigenvalue weighted by Gasteiger charge is -2.31. The van der Waals surface area contributed by atoms with Gasteiger partial charge in [-0.1, -0.05) is 60.1 Å². The molecule has 1 atom stereocenters. The minimum Gasteiger partial charge on any atom is -0.484 e. The number of benzene rings is 3. The van der Waals surface area contributed by atoms with E-state index in [0.717, 1.165) is 11.1 Å². The van der Waals surface area contributed by atoms with Gasteiger partial charge in [0.15, 0.2) is 6.61 Å². The molecule has 3 aromatic rings. The molecular formula is C26H26ClFN2O3. The first-order valence-corrected chi connectivity index (χ1v) is 10.9. The highest BCUT2D eigenvalue weighted by molar-refractivity contribution is 6.31. The number of nitrogens with one attached hydrogen (secondary N) is 1. The number of carbonyl (C=O) groups excluding carboxylic acids is 2. The molecule has 0 aliphatic heterocycles. The summed E-state index contributed by atoms with van der Waals surface area (Å²) in [4.78, 5) is 27.5. The minimum atomic E-state index is -0.847. The molecule has 0 radical (unpaired) electrons. The summed E-state index contributed by atoms with van der Waals surface area (Å²) in [5.74, 6) is -0.739. The molecule has 172 valence electrons. The van der Waals surface area contributed by atoms with Crippen LogP contribution < -0.4 is 10.1 Å². The van der Waals surface area contributed by atoms with Gasteiger partial charge in [-0.2, -0.15) is 0 Å². The maximum absolute atomic E-state index is 14.4. The zero-order valence-corrected chi connectivity index (χ0v) is 19.3. The van der Waals surface area contributed by atoms with E-state index in [0.29, 0.717) is 16.3 Å². The van der Waals surface area contributed by atoms with Gasteiger partial charge in [0.2, 0.25) is 5.91 Å². The van der Waals surface area contributed by atoms with Crippen molar-refractivity contribution in [2.45, 2.75) is 25.9 Å². The molecule has 33 heavy (non-hydrogen) atoms. The maximum atomic E-state index is 14.4. The van der Waals surface area contributed by atoms with Gasteiger partial charge in [-0.15, -0.1) is 0 Å². The highest BCUT2D eigenvalue weighted by Gasteiger charge is 2.30. The number of rotatable bonds is 9. The second-order valence-corrected chi connectivity index (χ2v) is 8.04. The molecule has 0 aliphatic carbocycles. The maximum Gasteiger partial charge on any atom is 0.261 e. The van der Waals surface area contributed by atoms with Gasteiger partial charge in [-0.3, -0.25) is 9.59 Å². The normalized spacial score (nSPS) is 11.5. The van der Waals surface area contributed by atoms with Crippen molar-refractivity contribution in [3.05, 3.63) is 100 Å². The fourth-order valence-corrected chi connectivity index (χ4v) is 3.58. The third kappa shape index (κ3) is 6.56. The van der Waals surface area contributed by atoms with Crippen LogP contribution in [0.1, 0.15) is 16.7 Å². The SMILES string of the molecule is CNC(=O)[C@H](Cc1ccccc1)N(Cc1ccccc1F)C(=O)COc1ccc(Cl)c(C)c1. The van der Waals surface area contributed by atoms with Gasteiger partial charge >= 0.3 is 0 Å². The summed E-state index contributed by atoms with van der Waals surface area (Å²) < 4.78 is 20.1. The van der Waals surface area contributed by atoms with E-state index >= 15 is 0 Å². The first kappa shape index (κ1) is 24.3. The lowest BCUT2D eigenvalue weighted by Crippen LogP contribution is -2.51. The quantitative estimate of drug-likeness (QED) is 0.501. The minimum absolute atomic E-state index is 0.0700.